The number of nitrogens with one attached hydrogen (secondary N) is 2. The molecular formula is C15H28N4O2. The van der Waals surface area contributed by atoms with Gasteiger partial charge in [0.25, 0.3) is 0 Å². The summed E-state index contributed by atoms with van der Waals surface area (Å²) in [5.74, 6) is 0.128. The van der Waals surface area contributed by atoms with Gasteiger partial charge >= 0.3 is 6.03 Å². The van der Waals surface area contributed by atoms with Gasteiger partial charge in [0.2, 0.25) is 0 Å². The van der Waals surface area contributed by atoms with Crippen molar-refractivity contribution in [3.8, 4) is 0 Å². The first kappa shape index (κ1) is 15.9. The van der Waals surface area contributed by atoms with Crippen LogP contribution < -0.4 is 16.4 Å². The third kappa shape index (κ3) is 4.25. The van der Waals surface area contributed by atoms with Crippen LogP contribution in [0.1, 0.15) is 70.6 Å². The third-order valence-corrected chi connectivity index (χ3v) is 4.85. The fraction of sp³-hybridized carbons (Fsp3) is 0.867. The zero-order chi connectivity index (χ0) is 15.1. The fourth-order valence-corrected chi connectivity index (χ4v) is 3.56. The van der Waals surface area contributed by atoms with Gasteiger partial charge in [0.05, 0.1) is 0 Å². The summed E-state index contributed by atoms with van der Waals surface area (Å²) in [5, 5.41) is 18.3. The van der Waals surface area contributed by atoms with Gasteiger partial charge in [-0.25, -0.2) is 4.79 Å². The first-order chi connectivity index (χ1) is 10.2. The number of carbonyl (C=O) groups is 1. The molecule has 0 aromatic carbocycles. The Morgan fingerprint density at radius 1 is 1.05 bits per heavy atom. The standard InChI is InChI=1S/C15H28N4O2/c16-13(19-21)15(10-6-1-2-7-11-15)18-14(20)17-12-8-4-3-5-9-12/h12,21H,1-11H2,(H2,16,19)(H2,17,18,20). The number of nitrogens with two attached hydrogens (primary N) is 1. The number of oxime groups is 1. The number of hydrogen-bond acceptors (Lipinski definition) is 3. The molecule has 2 rings (SSSR count). The van der Waals surface area contributed by atoms with Gasteiger partial charge in [-0.2, -0.15) is 0 Å². The summed E-state index contributed by atoms with van der Waals surface area (Å²) in [5.41, 5.74) is 5.20. The lowest BCUT2D eigenvalue weighted by Gasteiger charge is -2.33. The average Bonchev–Trinajstić information content (AvgIpc) is 2.73. The molecule has 0 spiro atoms. The lowest BCUT2D eigenvalue weighted by molar-refractivity contribution is 0.221. The maximum atomic E-state index is 12.3. The average molecular weight is 296 g/mol. The molecule has 21 heavy (non-hydrogen) atoms. The van der Waals surface area contributed by atoms with Crippen LogP contribution in [0.15, 0.2) is 5.16 Å². The number of urea groups is 1. The van der Waals surface area contributed by atoms with Crippen molar-refractivity contribution in [2.75, 3.05) is 0 Å². The van der Waals surface area contributed by atoms with Crippen LogP contribution in [-0.2, 0) is 0 Å². The van der Waals surface area contributed by atoms with Crippen LogP contribution >= 0.6 is 0 Å². The quantitative estimate of drug-likeness (QED) is 0.212. The molecule has 5 N–H and O–H groups in total. The normalized spacial score (nSPS) is 24.1. The van der Waals surface area contributed by atoms with E-state index < -0.39 is 5.54 Å². The highest BCUT2D eigenvalue weighted by Crippen LogP contribution is 2.27. The molecule has 0 saturated heterocycles. The van der Waals surface area contributed by atoms with Crippen LogP contribution in [-0.4, -0.2) is 28.7 Å². The van der Waals surface area contributed by atoms with Crippen molar-refractivity contribution in [3.63, 3.8) is 0 Å². The first-order valence-corrected chi connectivity index (χ1v) is 8.23. The third-order valence-electron chi connectivity index (χ3n) is 4.85. The van der Waals surface area contributed by atoms with Crippen molar-refractivity contribution in [1.82, 2.24) is 10.6 Å². The summed E-state index contributed by atoms with van der Waals surface area (Å²) in [6, 6.07) is 0.0734. The minimum atomic E-state index is -0.690. The Kier molecular flexibility index (Phi) is 5.70. The van der Waals surface area contributed by atoms with Gasteiger partial charge in [0.1, 0.15) is 5.54 Å². The molecule has 2 fully saturated rings. The molecule has 2 amide bonds. The highest BCUT2D eigenvalue weighted by molar-refractivity contribution is 5.93. The van der Waals surface area contributed by atoms with Gasteiger partial charge in [-0.15, -0.1) is 0 Å². The van der Waals surface area contributed by atoms with E-state index in [0.717, 1.165) is 51.4 Å². The zero-order valence-electron chi connectivity index (χ0n) is 12.7. The van der Waals surface area contributed by atoms with Gasteiger partial charge in [0.15, 0.2) is 5.84 Å². The highest BCUT2D eigenvalue weighted by Gasteiger charge is 2.37. The Labute approximate surface area is 126 Å². The van der Waals surface area contributed by atoms with E-state index in [0.29, 0.717) is 0 Å². The molecule has 6 nitrogen and oxygen atoms in total. The Balaban J connectivity index is 1.98. The molecule has 0 atom stereocenters. The van der Waals surface area contributed by atoms with Crippen molar-refractivity contribution in [2.24, 2.45) is 10.9 Å². The molecule has 0 radical (unpaired) electrons. The van der Waals surface area contributed by atoms with E-state index in [-0.39, 0.29) is 17.9 Å². The molecule has 0 heterocycles. The second-order valence-electron chi connectivity index (χ2n) is 6.41. The molecule has 2 aliphatic rings. The Morgan fingerprint density at radius 2 is 1.62 bits per heavy atom. The van der Waals surface area contributed by atoms with E-state index >= 15 is 0 Å². The predicted octanol–water partition coefficient (Wildman–Crippen LogP) is 2.46. The lowest BCUT2D eigenvalue weighted by Crippen LogP contribution is -2.60. The van der Waals surface area contributed by atoms with Crippen LogP contribution in [0.2, 0.25) is 0 Å². The van der Waals surface area contributed by atoms with Crippen LogP contribution in [0.25, 0.3) is 0 Å². The molecule has 0 aromatic rings. The molecule has 0 unspecified atom stereocenters. The molecule has 2 saturated carbocycles. The van der Waals surface area contributed by atoms with E-state index in [9.17, 15) is 4.79 Å². The number of rotatable bonds is 3. The van der Waals surface area contributed by atoms with Gasteiger partial charge in [0, 0.05) is 6.04 Å². The smallest absolute Gasteiger partial charge is 0.315 e. The Bertz CT molecular complexity index is 370. The van der Waals surface area contributed by atoms with Gasteiger partial charge in [-0.05, 0) is 25.7 Å². The number of hydrogen-bond donors (Lipinski definition) is 4. The number of amidine groups is 1. The fourth-order valence-electron chi connectivity index (χ4n) is 3.56. The van der Waals surface area contributed by atoms with Gasteiger partial charge < -0.3 is 21.6 Å². The molecular weight excluding hydrogens is 268 g/mol. The zero-order valence-corrected chi connectivity index (χ0v) is 12.7. The van der Waals surface area contributed by atoms with Gasteiger partial charge in [-0.3, -0.25) is 0 Å². The maximum absolute atomic E-state index is 12.3. The monoisotopic (exact) mass is 296 g/mol. The van der Waals surface area contributed by atoms with E-state index in [4.69, 9.17) is 10.9 Å². The van der Waals surface area contributed by atoms with E-state index in [2.05, 4.69) is 15.8 Å². The molecule has 2 aliphatic carbocycles. The predicted molar refractivity (Wildman–Crippen MR) is 82.4 cm³/mol. The molecule has 0 aliphatic heterocycles. The largest absolute Gasteiger partial charge is 0.409 e. The van der Waals surface area contributed by atoms with Crippen molar-refractivity contribution < 1.29 is 10.0 Å². The summed E-state index contributed by atoms with van der Waals surface area (Å²) in [6.07, 6.45) is 11.4. The summed E-state index contributed by atoms with van der Waals surface area (Å²) in [6.45, 7) is 0. The summed E-state index contributed by atoms with van der Waals surface area (Å²) >= 11 is 0. The SMILES string of the molecule is N/C(=N/O)C1(NC(=O)NC2CCCCC2)CCCCCC1. The van der Waals surface area contributed by atoms with Crippen molar-refractivity contribution in [3.05, 3.63) is 0 Å². The first-order valence-electron chi connectivity index (χ1n) is 8.23. The second kappa shape index (κ2) is 7.52. The number of carbonyl (C=O) groups excluding carboxylic acids is 1. The van der Waals surface area contributed by atoms with Crippen LogP contribution in [0.5, 0.6) is 0 Å². The van der Waals surface area contributed by atoms with Gasteiger partial charge in [-0.1, -0.05) is 50.1 Å². The van der Waals surface area contributed by atoms with Crippen molar-refractivity contribution >= 4 is 11.9 Å². The minimum Gasteiger partial charge on any atom is -0.409 e. The number of nitrogens with zero attached hydrogens (tertiary/aromatic N) is 1. The maximum Gasteiger partial charge on any atom is 0.315 e. The molecule has 0 aromatic heterocycles. The number of amides is 2. The topological polar surface area (TPSA) is 99.7 Å². The molecule has 0 bridgehead atoms. The van der Waals surface area contributed by atoms with E-state index in [1.165, 1.54) is 19.3 Å². The highest BCUT2D eigenvalue weighted by atomic mass is 16.4. The summed E-state index contributed by atoms with van der Waals surface area (Å²) in [7, 11) is 0. The van der Waals surface area contributed by atoms with Crippen molar-refractivity contribution in [2.45, 2.75) is 82.2 Å². The Morgan fingerprint density at radius 3 is 2.19 bits per heavy atom. The summed E-state index contributed by atoms with van der Waals surface area (Å²) < 4.78 is 0. The van der Waals surface area contributed by atoms with Crippen LogP contribution in [0.4, 0.5) is 4.79 Å². The van der Waals surface area contributed by atoms with Crippen LogP contribution in [0.3, 0.4) is 0 Å². The minimum absolute atomic E-state index is 0.128. The van der Waals surface area contributed by atoms with Crippen molar-refractivity contribution in [1.29, 1.82) is 0 Å². The van der Waals surface area contributed by atoms with Crippen LogP contribution in [0, 0.1) is 0 Å². The van der Waals surface area contributed by atoms with E-state index in [1.807, 2.05) is 0 Å². The molecule has 120 valence electrons. The Hall–Kier alpha value is -1.46. The summed E-state index contributed by atoms with van der Waals surface area (Å²) in [4.78, 5) is 12.3. The molecule has 6 heteroatoms. The second-order valence-corrected chi connectivity index (χ2v) is 6.41. The van der Waals surface area contributed by atoms with E-state index in [1.54, 1.807) is 0 Å². The lowest BCUT2D eigenvalue weighted by atomic mass is 9.89.